The third-order valence-electron chi connectivity index (χ3n) is 5.66. The van der Waals surface area contributed by atoms with Gasteiger partial charge in [0.1, 0.15) is 5.82 Å². The monoisotopic (exact) mass is 526 g/mol. The molecule has 0 aliphatic carbocycles. The van der Waals surface area contributed by atoms with E-state index in [0.29, 0.717) is 49.3 Å². The maximum absolute atomic E-state index is 12.9. The van der Waals surface area contributed by atoms with Crippen molar-refractivity contribution < 1.29 is 14.7 Å². The molecule has 0 radical (unpaired) electrons. The summed E-state index contributed by atoms with van der Waals surface area (Å²) < 4.78 is 1.08. The van der Waals surface area contributed by atoms with E-state index in [1.807, 2.05) is 50.5 Å². The number of benzene rings is 1. The Hall–Kier alpha value is -3.24. The number of carbonyl (C=O) groups excluding carboxylic acids is 2. The normalized spacial score (nSPS) is 12.4. The van der Waals surface area contributed by atoms with Crippen molar-refractivity contribution in [1.82, 2.24) is 20.6 Å². The van der Waals surface area contributed by atoms with Crippen LogP contribution in [0.5, 0.6) is 0 Å². The van der Waals surface area contributed by atoms with Crippen LogP contribution in [0.2, 0.25) is 0 Å². The lowest BCUT2D eigenvalue weighted by Gasteiger charge is -2.18. The standard InChI is InChI=1S/C27H38N6O3S/c1-17(2)31-22-14-24(33-19-8-9-21-23(13-19)37-16-30-21)29-15-20(22)26(35)28-12-10-18(3)32-25(34)7-6-11-27(4,5)36/h8-9,13-18,36H,6-7,10-12H2,1-5H3,(H,28,35)(H,32,34)(H2,29,31,33). The molecular formula is C27H38N6O3S. The highest BCUT2D eigenvalue weighted by Crippen LogP contribution is 2.26. The lowest BCUT2D eigenvalue weighted by molar-refractivity contribution is -0.122. The SMILES string of the molecule is CC(C)Nc1cc(Nc2ccc3ncsc3c2)ncc1C(=O)NCCC(C)NC(=O)CCCC(C)(C)O. The Bertz CT molecular complexity index is 1200. The van der Waals surface area contributed by atoms with E-state index >= 15 is 0 Å². The second kappa shape index (κ2) is 12.8. The van der Waals surface area contributed by atoms with Crippen LogP contribution in [0.15, 0.2) is 36.0 Å². The Morgan fingerprint density at radius 2 is 1.92 bits per heavy atom. The third kappa shape index (κ3) is 9.29. The summed E-state index contributed by atoms with van der Waals surface area (Å²) in [5.41, 5.74) is 4.06. The predicted molar refractivity (Wildman–Crippen MR) is 151 cm³/mol. The molecule has 5 N–H and O–H groups in total. The number of hydrogen-bond donors (Lipinski definition) is 5. The minimum absolute atomic E-state index is 0.0479. The molecule has 1 aromatic carbocycles. The predicted octanol–water partition coefficient (Wildman–Crippen LogP) is 4.82. The average molecular weight is 527 g/mol. The van der Waals surface area contributed by atoms with Crippen LogP contribution in [0.1, 0.15) is 70.7 Å². The summed E-state index contributed by atoms with van der Waals surface area (Å²) >= 11 is 1.58. The molecule has 2 aromatic heterocycles. The topological polar surface area (TPSA) is 128 Å². The maximum Gasteiger partial charge on any atom is 0.254 e. The van der Waals surface area contributed by atoms with Gasteiger partial charge in [-0.25, -0.2) is 9.97 Å². The van der Waals surface area contributed by atoms with Gasteiger partial charge in [-0.05, 0) is 72.1 Å². The zero-order valence-corrected chi connectivity index (χ0v) is 23.0. The summed E-state index contributed by atoms with van der Waals surface area (Å²) in [4.78, 5) is 33.8. The molecule has 37 heavy (non-hydrogen) atoms. The number of rotatable bonds is 13. The molecule has 10 heteroatoms. The second-order valence-electron chi connectivity index (χ2n) is 10.3. The number of nitrogens with one attached hydrogen (secondary N) is 4. The largest absolute Gasteiger partial charge is 0.390 e. The quantitative estimate of drug-likeness (QED) is 0.216. The highest BCUT2D eigenvalue weighted by Gasteiger charge is 2.16. The molecule has 0 saturated heterocycles. The Balaban J connectivity index is 1.55. The summed E-state index contributed by atoms with van der Waals surface area (Å²) in [6, 6.07) is 7.82. The van der Waals surface area contributed by atoms with Gasteiger partial charge in [0.25, 0.3) is 5.91 Å². The van der Waals surface area contributed by atoms with Crippen LogP contribution in [0.25, 0.3) is 10.2 Å². The third-order valence-corrected chi connectivity index (χ3v) is 6.45. The molecule has 9 nitrogen and oxygen atoms in total. The van der Waals surface area contributed by atoms with Crippen molar-refractivity contribution in [2.75, 3.05) is 17.2 Å². The average Bonchev–Trinajstić information content (AvgIpc) is 3.26. The van der Waals surface area contributed by atoms with Gasteiger partial charge in [-0.2, -0.15) is 0 Å². The van der Waals surface area contributed by atoms with Gasteiger partial charge in [0.05, 0.1) is 32.6 Å². The number of anilines is 3. The Morgan fingerprint density at radius 1 is 1.14 bits per heavy atom. The van der Waals surface area contributed by atoms with E-state index in [1.54, 1.807) is 31.4 Å². The number of thiazole rings is 1. The molecule has 3 aromatic rings. The van der Waals surface area contributed by atoms with Crippen molar-refractivity contribution in [3.63, 3.8) is 0 Å². The molecule has 0 spiro atoms. The fraction of sp³-hybridized carbons (Fsp3) is 0.481. The number of carbonyl (C=O) groups is 2. The van der Waals surface area contributed by atoms with Crippen molar-refractivity contribution >= 4 is 50.6 Å². The number of hydrogen-bond acceptors (Lipinski definition) is 8. The zero-order valence-electron chi connectivity index (χ0n) is 22.2. The van der Waals surface area contributed by atoms with E-state index in [2.05, 4.69) is 31.2 Å². The molecule has 200 valence electrons. The van der Waals surface area contributed by atoms with E-state index in [-0.39, 0.29) is 23.9 Å². The highest BCUT2D eigenvalue weighted by molar-refractivity contribution is 7.16. The number of fused-ring (bicyclic) bond motifs is 1. The number of amides is 2. The van der Waals surface area contributed by atoms with Gasteiger partial charge < -0.3 is 26.4 Å². The van der Waals surface area contributed by atoms with E-state index < -0.39 is 5.60 Å². The van der Waals surface area contributed by atoms with Gasteiger partial charge in [-0.3, -0.25) is 9.59 Å². The van der Waals surface area contributed by atoms with Gasteiger partial charge in [0, 0.05) is 43.0 Å². The molecule has 1 unspecified atom stereocenters. The van der Waals surface area contributed by atoms with Gasteiger partial charge >= 0.3 is 0 Å². The first-order valence-corrected chi connectivity index (χ1v) is 13.5. The summed E-state index contributed by atoms with van der Waals surface area (Å²) in [7, 11) is 0. The lowest BCUT2D eigenvalue weighted by Crippen LogP contribution is -2.36. The minimum atomic E-state index is -0.765. The van der Waals surface area contributed by atoms with Crippen molar-refractivity contribution in [3.8, 4) is 0 Å². The van der Waals surface area contributed by atoms with Crippen LogP contribution in [-0.4, -0.2) is 51.1 Å². The smallest absolute Gasteiger partial charge is 0.254 e. The summed E-state index contributed by atoms with van der Waals surface area (Å²) in [5, 5.41) is 22.3. The first kappa shape index (κ1) is 28.3. The van der Waals surface area contributed by atoms with E-state index in [9.17, 15) is 14.7 Å². The molecule has 0 aliphatic heterocycles. The number of pyridine rings is 1. The molecular weight excluding hydrogens is 488 g/mol. The van der Waals surface area contributed by atoms with E-state index in [1.165, 1.54) is 0 Å². The first-order chi connectivity index (χ1) is 17.5. The number of aliphatic hydroxyl groups is 1. The van der Waals surface area contributed by atoms with Crippen LogP contribution < -0.4 is 21.3 Å². The van der Waals surface area contributed by atoms with Gasteiger partial charge in [0.2, 0.25) is 5.91 Å². The van der Waals surface area contributed by atoms with E-state index in [0.717, 1.165) is 15.9 Å². The van der Waals surface area contributed by atoms with Crippen LogP contribution in [-0.2, 0) is 4.79 Å². The molecule has 0 fully saturated rings. The summed E-state index contributed by atoms with van der Waals surface area (Å²) in [6.07, 6.45) is 3.74. The zero-order chi connectivity index (χ0) is 27.0. The molecule has 0 bridgehead atoms. The Morgan fingerprint density at radius 3 is 2.65 bits per heavy atom. The molecule has 2 heterocycles. The number of aromatic nitrogens is 2. The maximum atomic E-state index is 12.9. The fourth-order valence-corrected chi connectivity index (χ4v) is 4.53. The molecule has 2 amide bonds. The molecule has 0 aliphatic rings. The molecule has 3 rings (SSSR count). The Kier molecular flexibility index (Phi) is 9.82. The van der Waals surface area contributed by atoms with Gasteiger partial charge in [-0.15, -0.1) is 11.3 Å². The van der Waals surface area contributed by atoms with Gasteiger partial charge in [0.15, 0.2) is 0 Å². The summed E-state index contributed by atoms with van der Waals surface area (Å²) in [6.45, 7) is 9.83. The van der Waals surface area contributed by atoms with E-state index in [4.69, 9.17) is 0 Å². The van der Waals surface area contributed by atoms with Crippen molar-refractivity contribution in [2.45, 2.75) is 78.0 Å². The van der Waals surface area contributed by atoms with Crippen molar-refractivity contribution in [2.24, 2.45) is 0 Å². The summed E-state index contributed by atoms with van der Waals surface area (Å²) in [5.74, 6) is 0.356. The first-order valence-electron chi connectivity index (χ1n) is 12.7. The molecule has 0 saturated carbocycles. The molecule has 1 atom stereocenters. The Labute approximate surface area is 222 Å². The highest BCUT2D eigenvalue weighted by atomic mass is 32.1. The van der Waals surface area contributed by atoms with Crippen molar-refractivity contribution in [1.29, 1.82) is 0 Å². The number of nitrogens with zero attached hydrogens (tertiary/aromatic N) is 2. The van der Waals surface area contributed by atoms with Crippen molar-refractivity contribution in [3.05, 3.63) is 41.5 Å². The minimum Gasteiger partial charge on any atom is -0.390 e. The van der Waals surface area contributed by atoms with Crippen LogP contribution in [0.4, 0.5) is 17.2 Å². The van der Waals surface area contributed by atoms with Crippen LogP contribution in [0.3, 0.4) is 0 Å². The lowest BCUT2D eigenvalue weighted by atomic mass is 10.0. The second-order valence-corrected chi connectivity index (χ2v) is 11.1. The van der Waals surface area contributed by atoms with Crippen LogP contribution >= 0.6 is 11.3 Å². The fourth-order valence-electron chi connectivity index (χ4n) is 3.81. The van der Waals surface area contributed by atoms with Gasteiger partial charge in [-0.1, -0.05) is 0 Å². The van der Waals surface area contributed by atoms with Crippen LogP contribution in [0, 0.1) is 0 Å².